The summed E-state index contributed by atoms with van der Waals surface area (Å²) < 4.78 is 7.29. The van der Waals surface area contributed by atoms with Gasteiger partial charge in [0.25, 0.3) is 0 Å². The van der Waals surface area contributed by atoms with Gasteiger partial charge in [-0.25, -0.2) is 0 Å². The van der Waals surface area contributed by atoms with Crippen molar-refractivity contribution in [3.63, 3.8) is 0 Å². The molecule has 1 heterocycles. The van der Waals surface area contributed by atoms with E-state index in [1.165, 1.54) is 31.0 Å². The minimum atomic E-state index is 0.120. The molecule has 140 valence electrons. The Kier molecular flexibility index (Phi) is 6.49. The van der Waals surface area contributed by atoms with Gasteiger partial charge in [0, 0.05) is 13.1 Å². The summed E-state index contributed by atoms with van der Waals surface area (Å²) >= 11 is 1.36. The zero-order valence-electron chi connectivity index (χ0n) is 15.3. The minimum Gasteiger partial charge on any atom is -0.492 e. The van der Waals surface area contributed by atoms with Gasteiger partial charge >= 0.3 is 0 Å². The van der Waals surface area contributed by atoms with Gasteiger partial charge in [0.05, 0.1) is 12.4 Å². The van der Waals surface area contributed by atoms with E-state index >= 15 is 0 Å². The maximum atomic E-state index is 12.6. The third-order valence-corrected chi connectivity index (χ3v) is 5.58. The van der Waals surface area contributed by atoms with Crippen LogP contribution in [0.4, 0.5) is 0 Å². The lowest BCUT2D eigenvalue weighted by atomic mass is 9.94. The number of aromatic nitrogens is 4. The van der Waals surface area contributed by atoms with Gasteiger partial charge in [0.2, 0.25) is 11.1 Å². The van der Waals surface area contributed by atoms with Gasteiger partial charge in [-0.3, -0.25) is 4.79 Å². The summed E-state index contributed by atoms with van der Waals surface area (Å²) in [5, 5.41) is 12.5. The molecule has 26 heavy (non-hydrogen) atoms. The van der Waals surface area contributed by atoms with Crippen LogP contribution in [-0.2, 0) is 4.79 Å². The molecular weight excluding hydrogens is 350 g/mol. The standard InChI is InChI=1S/C18H25N5O2S/c1-3-25-16-12-8-7-11-15(16)23-18(19-20-21-23)26-13-17(24)22(2)14-9-5-4-6-10-14/h7-8,11-12,14H,3-6,9-10,13H2,1-2H3. The van der Waals surface area contributed by atoms with Gasteiger partial charge in [-0.1, -0.05) is 43.2 Å². The average Bonchev–Trinajstić information content (AvgIpc) is 3.15. The molecule has 8 heteroatoms. The van der Waals surface area contributed by atoms with Crippen molar-refractivity contribution in [1.82, 2.24) is 25.1 Å². The molecule has 1 aromatic heterocycles. The summed E-state index contributed by atoms with van der Waals surface area (Å²) in [4.78, 5) is 14.5. The van der Waals surface area contributed by atoms with Gasteiger partial charge in [0.15, 0.2) is 0 Å². The summed E-state index contributed by atoms with van der Waals surface area (Å²) in [6.45, 7) is 2.50. The van der Waals surface area contributed by atoms with Crippen LogP contribution in [-0.4, -0.2) is 56.5 Å². The van der Waals surface area contributed by atoms with E-state index in [9.17, 15) is 4.79 Å². The Morgan fingerprint density at radius 3 is 2.85 bits per heavy atom. The van der Waals surface area contributed by atoms with E-state index in [-0.39, 0.29) is 5.91 Å². The van der Waals surface area contributed by atoms with Crippen molar-refractivity contribution < 1.29 is 9.53 Å². The number of tetrazole rings is 1. The molecule has 2 aromatic rings. The molecule has 0 bridgehead atoms. The first-order chi connectivity index (χ1) is 12.7. The number of hydrogen-bond donors (Lipinski definition) is 0. The normalized spacial score (nSPS) is 15.0. The lowest BCUT2D eigenvalue weighted by molar-refractivity contribution is -0.129. The second-order valence-electron chi connectivity index (χ2n) is 6.36. The quantitative estimate of drug-likeness (QED) is 0.693. The number of amides is 1. The highest BCUT2D eigenvalue weighted by molar-refractivity contribution is 7.99. The lowest BCUT2D eigenvalue weighted by Gasteiger charge is -2.31. The largest absolute Gasteiger partial charge is 0.492 e. The SMILES string of the molecule is CCOc1ccccc1-n1nnnc1SCC(=O)N(C)C1CCCCC1. The molecule has 1 saturated carbocycles. The molecule has 1 amide bonds. The molecule has 0 saturated heterocycles. The number of hydrogen-bond acceptors (Lipinski definition) is 6. The molecule has 3 rings (SSSR count). The molecule has 0 spiro atoms. The van der Waals surface area contributed by atoms with Gasteiger partial charge < -0.3 is 9.64 Å². The van der Waals surface area contributed by atoms with Crippen LogP contribution in [0.25, 0.3) is 5.69 Å². The number of nitrogens with zero attached hydrogens (tertiary/aromatic N) is 5. The van der Waals surface area contributed by atoms with Crippen molar-refractivity contribution in [1.29, 1.82) is 0 Å². The Hall–Kier alpha value is -2.09. The van der Waals surface area contributed by atoms with Crippen molar-refractivity contribution in [2.45, 2.75) is 50.2 Å². The zero-order chi connectivity index (χ0) is 18.4. The molecule has 0 N–H and O–H groups in total. The lowest BCUT2D eigenvalue weighted by Crippen LogP contribution is -2.39. The van der Waals surface area contributed by atoms with Crippen LogP contribution < -0.4 is 4.74 Å². The molecule has 0 aliphatic heterocycles. The van der Waals surface area contributed by atoms with E-state index < -0.39 is 0 Å². The third kappa shape index (κ3) is 4.35. The summed E-state index contributed by atoms with van der Waals surface area (Å²) in [6.07, 6.45) is 5.91. The van der Waals surface area contributed by atoms with Gasteiger partial charge in [0.1, 0.15) is 11.4 Å². The number of para-hydroxylation sites is 2. The van der Waals surface area contributed by atoms with Crippen LogP contribution in [0.1, 0.15) is 39.0 Å². The molecular formula is C18H25N5O2S. The molecule has 7 nitrogen and oxygen atoms in total. The zero-order valence-corrected chi connectivity index (χ0v) is 16.1. The van der Waals surface area contributed by atoms with Gasteiger partial charge in [-0.2, -0.15) is 4.68 Å². The first kappa shape index (κ1) is 18.7. The Morgan fingerprint density at radius 2 is 2.08 bits per heavy atom. The number of carbonyl (C=O) groups is 1. The van der Waals surface area contributed by atoms with Crippen LogP contribution in [0.5, 0.6) is 5.75 Å². The molecule has 1 aromatic carbocycles. The maximum Gasteiger partial charge on any atom is 0.233 e. The Morgan fingerprint density at radius 1 is 1.31 bits per heavy atom. The van der Waals surface area contributed by atoms with Crippen LogP contribution >= 0.6 is 11.8 Å². The van der Waals surface area contributed by atoms with E-state index in [4.69, 9.17) is 4.74 Å². The second kappa shape index (κ2) is 9.02. The summed E-state index contributed by atoms with van der Waals surface area (Å²) in [5.74, 6) is 1.16. The average molecular weight is 375 g/mol. The highest BCUT2D eigenvalue weighted by atomic mass is 32.2. The van der Waals surface area contributed by atoms with Crippen molar-refractivity contribution in [2.24, 2.45) is 0 Å². The van der Waals surface area contributed by atoms with Crippen LogP contribution in [0.2, 0.25) is 0 Å². The molecule has 0 radical (unpaired) electrons. The van der Waals surface area contributed by atoms with Crippen molar-refractivity contribution in [3.05, 3.63) is 24.3 Å². The van der Waals surface area contributed by atoms with Crippen molar-refractivity contribution in [3.8, 4) is 11.4 Å². The van der Waals surface area contributed by atoms with E-state index in [2.05, 4.69) is 15.5 Å². The van der Waals surface area contributed by atoms with Crippen LogP contribution in [0.15, 0.2) is 29.4 Å². The predicted octanol–water partition coefficient (Wildman–Crippen LogP) is 2.94. The van der Waals surface area contributed by atoms with Crippen molar-refractivity contribution in [2.75, 3.05) is 19.4 Å². The van der Waals surface area contributed by atoms with E-state index in [0.717, 1.165) is 24.3 Å². The Bertz CT molecular complexity index is 730. The number of rotatable bonds is 7. The Labute approximate surface area is 158 Å². The molecule has 1 aliphatic carbocycles. The fourth-order valence-corrected chi connectivity index (χ4v) is 4.04. The first-order valence-electron chi connectivity index (χ1n) is 9.09. The first-order valence-corrected chi connectivity index (χ1v) is 10.1. The van der Waals surface area contributed by atoms with Crippen LogP contribution in [0, 0.1) is 0 Å². The summed E-state index contributed by atoms with van der Waals surface area (Å²) in [5.41, 5.74) is 0.773. The Balaban J connectivity index is 1.67. The summed E-state index contributed by atoms with van der Waals surface area (Å²) in [7, 11) is 1.91. The third-order valence-electron chi connectivity index (χ3n) is 4.67. The highest BCUT2D eigenvalue weighted by Gasteiger charge is 2.23. The fraction of sp³-hybridized carbons (Fsp3) is 0.556. The number of carbonyl (C=O) groups excluding carboxylic acids is 1. The van der Waals surface area contributed by atoms with Crippen molar-refractivity contribution >= 4 is 17.7 Å². The molecule has 0 atom stereocenters. The number of benzene rings is 1. The second-order valence-corrected chi connectivity index (χ2v) is 7.30. The monoisotopic (exact) mass is 375 g/mol. The minimum absolute atomic E-state index is 0.120. The number of ether oxygens (including phenoxy) is 1. The van der Waals surface area contributed by atoms with E-state index in [1.54, 1.807) is 4.68 Å². The molecule has 1 aliphatic rings. The van der Waals surface area contributed by atoms with Crippen LogP contribution in [0.3, 0.4) is 0 Å². The molecule has 0 unspecified atom stereocenters. The topological polar surface area (TPSA) is 73.1 Å². The predicted molar refractivity (Wildman–Crippen MR) is 101 cm³/mol. The fourth-order valence-electron chi connectivity index (χ4n) is 3.23. The smallest absolute Gasteiger partial charge is 0.233 e. The van der Waals surface area contributed by atoms with E-state index in [1.807, 2.05) is 43.1 Å². The van der Waals surface area contributed by atoms with E-state index in [0.29, 0.717) is 23.6 Å². The highest BCUT2D eigenvalue weighted by Crippen LogP contribution is 2.27. The summed E-state index contributed by atoms with van der Waals surface area (Å²) in [6, 6.07) is 7.98. The van der Waals surface area contributed by atoms with Gasteiger partial charge in [-0.05, 0) is 42.3 Å². The van der Waals surface area contributed by atoms with Gasteiger partial charge in [-0.15, -0.1) is 5.10 Å². The molecule has 1 fully saturated rings. The maximum absolute atomic E-state index is 12.6. The number of thioether (sulfide) groups is 1.